The average molecular weight is 489 g/mol. The summed E-state index contributed by atoms with van der Waals surface area (Å²) in [6.45, 7) is 4.09. The van der Waals surface area contributed by atoms with Gasteiger partial charge in [-0.05, 0) is 0 Å². The minimum atomic E-state index is -0.559. The van der Waals surface area contributed by atoms with E-state index in [2.05, 4.69) is 16.0 Å². The summed E-state index contributed by atoms with van der Waals surface area (Å²) in [7, 11) is 3.63. The number of benzene rings is 1. The molecule has 0 aliphatic heterocycles. The molecule has 0 aliphatic rings. The number of nitrogens with zero attached hydrogens (tertiary/aromatic N) is 7. The van der Waals surface area contributed by atoms with Gasteiger partial charge in [-0.1, -0.05) is 0 Å². The van der Waals surface area contributed by atoms with E-state index in [0.717, 1.165) is 28.3 Å². The second-order valence-electron chi connectivity index (χ2n) is 7.22. The molecule has 2 N–H and O–H groups in total. The van der Waals surface area contributed by atoms with Crippen LogP contribution in [0.2, 0.25) is 0 Å². The molecule has 161 valence electrons. The molecule has 0 saturated carbocycles. The van der Waals surface area contributed by atoms with E-state index in [-0.39, 0.29) is 10.5 Å². The van der Waals surface area contributed by atoms with Crippen LogP contribution < -0.4 is 19.9 Å². The Morgan fingerprint density at radius 2 is 2.09 bits per heavy atom. The van der Waals surface area contributed by atoms with Crippen molar-refractivity contribution in [2.75, 3.05) is 24.8 Å². The number of anilines is 3. The van der Waals surface area contributed by atoms with Gasteiger partial charge >= 0.3 is 193 Å². The van der Waals surface area contributed by atoms with Crippen molar-refractivity contribution >= 4 is 43.1 Å². The Labute approximate surface area is 192 Å². The van der Waals surface area contributed by atoms with E-state index >= 15 is 0 Å². The van der Waals surface area contributed by atoms with E-state index in [9.17, 15) is 5.26 Å². The number of hydrogen-bond donors (Lipinski definition) is 1. The molecule has 0 bridgehead atoms. The van der Waals surface area contributed by atoms with Crippen molar-refractivity contribution in [3.8, 4) is 11.8 Å². The van der Waals surface area contributed by atoms with Gasteiger partial charge in [0, 0.05) is 0 Å². The van der Waals surface area contributed by atoms with Crippen LogP contribution in [0.1, 0.15) is 28.6 Å². The maximum absolute atomic E-state index is 9.47. The van der Waals surface area contributed by atoms with Crippen LogP contribution >= 0.6 is 0 Å². The Kier molecular flexibility index (Phi) is 5.97. The predicted octanol–water partition coefficient (Wildman–Crippen LogP) is 2.15. The van der Waals surface area contributed by atoms with E-state index < -0.39 is 15.8 Å². The molecule has 10 heteroatoms. The van der Waals surface area contributed by atoms with Crippen molar-refractivity contribution in [3.63, 3.8) is 0 Å². The third kappa shape index (κ3) is 3.97. The number of aromatic nitrogens is 5. The van der Waals surface area contributed by atoms with E-state index in [1.54, 1.807) is 7.11 Å². The molecular formula is C22H22AsN8O. The predicted molar refractivity (Wildman–Crippen MR) is 124 cm³/mol. The second-order valence-corrected chi connectivity index (χ2v) is 10.3. The molecule has 0 spiro atoms. The third-order valence-electron chi connectivity index (χ3n) is 5.13. The zero-order valence-electron chi connectivity index (χ0n) is 18.2. The van der Waals surface area contributed by atoms with Crippen molar-refractivity contribution in [2.24, 2.45) is 0 Å². The Morgan fingerprint density at radius 1 is 1.28 bits per heavy atom. The summed E-state index contributed by atoms with van der Waals surface area (Å²) in [6, 6.07) is 12.0. The van der Waals surface area contributed by atoms with Crippen LogP contribution in [0.25, 0.3) is 5.52 Å². The van der Waals surface area contributed by atoms with Gasteiger partial charge in [0.25, 0.3) is 0 Å². The van der Waals surface area contributed by atoms with Crippen LogP contribution in [0.3, 0.4) is 0 Å². The molecule has 0 fully saturated rings. The van der Waals surface area contributed by atoms with Gasteiger partial charge in [0.05, 0.1) is 0 Å². The Bertz CT molecular complexity index is 1330. The first-order valence-electron chi connectivity index (χ1n) is 9.88. The molecule has 1 atom stereocenters. The number of nitriles is 1. The van der Waals surface area contributed by atoms with Gasteiger partial charge in [-0.2, -0.15) is 0 Å². The van der Waals surface area contributed by atoms with Crippen molar-refractivity contribution in [2.45, 2.75) is 18.6 Å². The molecule has 3 aromatic heterocycles. The van der Waals surface area contributed by atoms with Crippen LogP contribution in [0.15, 0.2) is 42.9 Å². The fourth-order valence-electron chi connectivity index (χ4n) is 3.36. The second kappa shape index (κ2) is 8.85. The minimum absolute atomic E-state index is 0.0165. The first-order valence-corrected chi connectivity index (χ1v) is 11.9. The van der Waals surface area contributed by atoms with Crippen molar-refractivity contribution in [3.05, 3.63) is 59.8 Å². The van der Waals surface area contributed by atoms with Crippen molar-refractivity contribution in [1.29, 1.82) is 5.26 Å². The third-order valence-corrected chi connectivity index (χ3v) is 7.65. The van der Waals surface area contributed by atoms with Crippen molar-refractivity contribution in [1.82, 2.24) is 24.6 Å². The number of methoxy groups -OCH3 is 1. The van der Waals surface area contributed by atoms with Crippen LogP contribution in [0.4, 0.5) is 17.3 Å². The number of hydrogen-bond acceptors (Lipinski definition) is 8. The maximum atomic E-state index is 9.47. The van der Waals surface area contributed by atoms with E-state index in [1.165, 1.54) is 6.33 Å². The van der Waals surface area contributed by atoms with Gasteiger partial charge in [-0.15, -0.1) is 0 Å². The van der Waals surface area contributed by atoms with Gasteiger partial charge in [0.2, 0.25) is 0 Å². The standard InChI is InChI=1S/C22H22AsN8O/c1-13-8-9-31-18(13)22(30(3)15-6-5-7-16(10-15)32-4)28-21(29-31)14(2)23-19-17(11-24)20(25)27-12-26-19/h5-10,12,14H,1-4H3,(H2,25,26,27)/t14-/m0/s1. The van der Waals surface area contributed by atoms with Crippen LogP contribution in [-0.4, -0.2) is 54.5 Å². The molecule has 0 amide bonds. The molecule has 32 heavy (non-hydrogen) atoms. The summed E-state index contributed by atoms with van der Waals surface area (Å²) in [5.41, 5.74) is 9.17. The Morgan fingerprint density at radius 3 is 2.84 bits per heavy atom. The molecule has 0 unspecified atom stereocenters. The van der Waals surface area contributed by atoms with Crippen LogP contribution in [0.5, 0.6) is 5.75 Å². The quantitative estimate of drug-likeness (QED) is 0.410. The van der Waals surface area contributed by atoms with E-state index in [1.807, 2.05) is 66.8 Å². The number of rotatable bonds is 6. The van der Waals surface area contributed by atoms with Crippen molar-refractivity contribution < 1.29 is 4.74 Å². The molecular weight excluding hydrogens is 467 g/mol. The summed E-state index contributed by atoms with van der Waals surface area (Å²) < 4.78 is 7.91. The Balaban J connectivity index is 1.77. The summed E-state index contributed by atoms with van der Waals surface area (Å²) >= 11 is -0.559. The molecule has 9 nitrogen and oxygen atoms in total. The van der Waals surface area contributed by atoms with Gasteiger partial charge < -0.3 is 0 Å². The number of nitrogen functional groups attached to an aromatic ring is 1. The fraction of sp³-hybridized carbons (Fsp3) is 0.227. The number of fused-ring (bicyclic) bond motifs is 1. The van der Waals surface area contributed by atoms with Gasteiger partial charge in [0.15, 0.2) is 0 Å². The SMILES string of the molecule is COc1cccc(N(C)c2nc([C@H](C)[As]c3ncnc(N)c3C#N)nn3ccc(C)c23)c1. The molecule has 0 saturated heterocycles. The number of nitrogens with two attached hydrogens (primary N) is 1. The molecule has 0 aliphatic carbocycles. The fourth-order valence-corrected chi connectivity index (χ4v) is 5.47. The number of ether oxygens (including phenoxy) is 1. The molecule has 4 aromatic rings. The topological polar surface area (TPSA) is 118 Å². The first-order chi connectivity index (χ1) is 15.4. The first kappa shape index (κ1) is 21.6. The zero-order chi connectivity index (χ0) is 22.8. The summed E-state index contributed by atoms with van der Waals surface area (Å²) in [6.07, 6.45) is 3.33. The van der Waals surface area contributed by atoms with E-state index in [4.69, 9.17) is 20.6 Å². The van der Waals surface area contributed by atoms with Crippen LogP contribution in [0, 0.1) is 18.3 Å². The van der Waals surface area contributed by atoms with E-state index in [0.29, 0.717) is 15.9 Å². The zero-order valence-corrected chi connectivity index (χ0v) is 20.1. The Hall–Kier alpha value is -3.63. The normalized spacial score (nSPS) is 12.2. The van der Waals surface area contributed by atoms with Gasteiger partial charge in [0.1, 0.15) is 0 Å². The van der Waals surface area contributed by atoms with Gasteiger partial charge in [-0.25, -0.2) is 0 Å². The molecule has 1 aromatic carbocycles. The summed E-state index contributed by atoms with van der Waals surface area (Å²) in [5, 5.41) is 14.2. The molecule has 3 heterocycles. The number of aryl methyl sites for hydroxylation is 1. The monoisotopic (exact) mass is 489 g/mol. The summed E-state index contributed by atoms with van der Waals surface area (Å²) in [5.74, 6) is 2.45. The molecule has 4 rings (SSSR count). The molecule has 1 radical (unpaired) electrons. The average Bonchev–Trinajstić information content (AvgIpc) is 3.19. The van der Waals surface area contributed by atoms with Gasteiger partial charge in [-0.3, -0.25) is 0 Å². The van der Waals surface area contributed by atoms with Crippen LogP contribution in [-0.2, 0) is 0 Å². The summed E-state index contributed by atoms with van der Waals surface area (Å²) in [4.78, 5) is 15.2.